The van der Waals surface area contributed by atoms with Crippen molar-refractivity contribution < 1.29 is 17.6 Å². The predicted molar refractivity (Wildman–Crippen MR) is 55.1 cm³/mol. The van der Waals surface area contributed by atoms with Crippen molar-refractivity contribution in [1.29, 1.82) is 0 Å². The van der Waals surface area contributed by atoms with Crippen LogP contribution >= 0.6 is 0 Å². The second-order valence-corrected chi connectivity index (χ2v) is 3.76. The summed E-state index contributed by atoms with van der Waals surface area (Å²) in [5.74, 6) is 1.65. The number of furan rings is 1. The van der Waals surface area contributed by atoms with Crippen LogP contribution in [0, 0.1) is 6.92 Å². The molecule has 0 atom stereocenters. The van der Waals surface area contributed by atoms with Gasteiger partial charge in [0.25, 0.3) is 0 Å². The van der Waals surface area contributed by atoms with E-state index in [1.54, 1.807) is 0 Å². The quantitative estimate of drug-likeness (QED) is 0.764. The van der Waals surface area contributed by atoms with Crippen LogP contribution in [0.25, 0.3) is 0 Å². The smallest absolute Gasteiger partial charge is 0.389 e. The van der Waals surface area contributed by atoms with Gasteiger partial charge in [-0.05, 0) is 38.4 Å². The highest BCUT2D eigenvalue weighted by Crippen LogP contribution is 2.21. The molecule has 0 unspecified atom stereocenters. The summed E-state index contributed by atoms with van der Waals surface area (Å²) in [5.41, 5.74) is 0. The van der Waals surface area contributed by atoms with E-state index < -0.39 is 12.6 Å². The highest BCUT2D eigenvalue weighted by Gasteiger charge is 2.25. The van der Waals surface area contributed by atoms with E-state index in [-0.39, 0.29) is 6.42 Å². The predicted octanol–water partition coefficient (Wildman–Crippen LogP) is 3.41. The van der Waals surface area contributed by atoms with Gasteiger partial charge < -0.3 is 9.73 Å². The maximum Gasteiger partial charge on any atom is 0.389 e. The summed E-state index contributed by atoms with van der Waals surface area (Å²) in [6.07, 6.45) is -4.03. The Bertz CT molecular complexity index is 306. The van der Waals surface area contributed by atoms with E-state index >= 15 is 0 Å². The molecule has 0 aliphatic carbocycles. The lowest BCUT2D eigenvalue weighted by Crippen LogP contribution is -2.15. The van der Waals surface area contributed by atoms with Crippen LogP contribution in [0.1, 0.15) is 30.8 Å². The summed E-state index contributed by atoms with van der Waals surface area (Å²) < 4.78 is 40.7. The van der Waals surface area contributed by atoms with Crippen LogP contribution in [0.4, 0.5) is 13.2 Å². The first-order chi connectivity index (χ1) is 7.47. The number of hydrogen-bond acceptors (Lipinski definition) is 2. The Morgan fingerprint density at radius 1 is 1.25 bits per heavy atom. The molecule has 1 heterocycles. The number of hydrogen-bond donors (Lipinski definition) is 1. The summed E-state index contributed by atoms with van der Waals surface area (Å²) in [4.78, 5) is 0. The second kappa shape index (κ2) is 5.94. The summed E-state index contributed by atoms with van der Waals surface area (Å²) >= 11 is 0. The zero-order valence-electron chi connectivity index (χ0n) is 9.23. The second-order valence-electron chi connectivity index (χ2n) is 3.76. The first-order valence-corrected chi connectivity index (χ1v) is 5.30. The van der Waals surface area contributed by atoms with Gasteiger partial charge in [-0.25, -0.2) is 0 Å². The lowest BCUT2D eigenvalue weighted by molar-refractivity contribution is -0.135. The van der Waals surface area contributed by atoms with Gasteiger partial charge in [-0.2, -0.15) is 13.2 Å². The summed E-state index contributed by atoms with van der Waals surface area (Å²) in [5, 5.41) is 3.04. The molecule has 0 saturated heterocycles. The number of alkyl halides is 3. The Kier molecular flexibility index (Phi) is 4.86. The van der Waals surface area contributed by atoms with Crippen molar-refractivity contribution in [1.82, 2.24) is 5.32 Å². The van der Waals surface area contributed by atoms with Crippen molar-refractivity contribution >= 4 is 0 Å². The minimum absolute atomic E-state index is 0.174. The highest BCUT2D eigenvalue weighted by molar-refractivity contribution is 5.04. The van der Waals surface area contributed by atoms with Crippen molar-refractivity contribution in [2.45, 2.75) is 38.9 Å². The van der Waals surface area contributed by atoms with Crippen LogP contribution in [0.15, 0.2) is 16.5 Å². The van der Waals surface area contributed by atoms with Gasteiger partial charge in [-0.1, -0.05) is 0 Å². The molecule has 1 rings (SSSR count). The van der Waals surface area contributed by atoms with E-state index in [9.17, 15) is 13.2 Å². The van der Waals surface area contributed by atoms with E-state index in [0.29, 0.717) is 19.5 Å². The molecule has 2 nitrogen and oxygen atoms in total. The third-order valence-corrected chi connectivity index (χ3v) is 2.16. The van der Waals surface area contributed by atoms with Crippen molar-refractivity contribution in [2.24, 2.45) is 0 Å². The first kappa shape index (κ1) is 13.1. The van der Waals surface area contributed by atoms with E-state index in [2.05, 4.69) is 5.32 Å². The van der Waals surface area contributed by atoms with Gasteiger partial charge in [0.1, 0.15) is 11.5 Å². The van der Waals surface area contributed by atoms with Gasteiger partial charge >= 0.3 is 6.18 Å². The fraction of sp³-hybridized carbons (Fsp3) is 0.636. The lowest BCUT2D eigenvalue weighted by atomic mass is 10.2. The van der Waals surface area contributed by atoms with Crippen molar-refractivity contribution in [2.75, 3.05) is 6.54 Å². The Morgan fingerprint density at radius 3 is 2.56 bits per heavy atom. The number of halogens is 3. The molecule has 16 heavy (non-hydrogen) atoms. The van der Waals surface area contributed by atoms with Crippen molar-refractivity contribution in [3.63, 3.8) is 0 Å². The molecule has 0 amide bonds. The van der Waals surface area contributed by atoms with Gasteiger partial charge in [0.2, 0.25) is 0 Å². The number of unbranched alkanes of at least 4 members (excludes halogenated alkanes) is 1. The van der Waals surface area contributed by atoms with Crippen molar-refractivity contribution in [3.05, 3.63) is 23.7 Å². The standard InChI is InChI=1S/C11H16F3NO/c1-9-4-5-10(16-9)8-15-7-3-2-6-11(12,13)14/h4-5,15H,2-3,6-8H2,1H3. The van der Waals surface area contributed by atoms with Crippen LogP contribution in [0.2, 0.25) is 0 Å². The molecule has 0 saturated carbocycles. The fourth-order valence-corrected chi connectivity index (χ4v) is 1.37. The topological polar surface area (TPSA) is 25.2 Å². The first-order valence-electron chi connectivity index (χ1n) is 5.30. The normalized spacial score (nSPS) is 12.0. The Hall–Kier alpha value is -0.970. The summed E-state index contributed by atoms with van der Waals surface area (Å²) in [6, 6.07) is 3.72. The molecule has 0 bridgehead atoms. The third-order valence-electron chi connectivity index (χ3n) is 2.16. The van der Waals surface area contributed by atoms with Gasteiger partial charge in [-0.3, -0.25) is 0 Å². The van der Waals surface area contributed by atoms with Crippen LogP contribution in [-0.2, 0) is 6.54 Å². The summed E-state index contributed by atoms with van der Waals surface area (Å²) in [7, 11) is 0. The molecule has 0 aliphatic heterocycles. The van der Waals surface area contributed by atoms with Crippen LogP contribution < -0.4 is 5.32 Å². The van der Waals surface area contributed by atoms with E-state index in [4.69, 9.17) is 4.42 Å². The molecule has 0 radical (unpaired) electrons. The molecule has 0 fully saturated rings. The van der Waals surface area contributed by atoms with Crippen LogP contribution in [-0.4, -0.2) is 12.7 Å². The van der Waals surface area contributed by atoms with E-state index in [1.807, 2.05) is 19.1 Å². The molecule has 0 aromatic carbocycles. The highest BCUT2D eigenvalue weighted by atomic mass is 19.4. The molecular weight excluding hydrogens is 219 g/mol. The minimum atomic E-state index is -4.03. The van der Waals surface area contributed by atoms with Gasteiger partial charge in [0.15, 0.2) is 0 Å². The Labute approximate surface area is 92.8 Å². The Morgan fingerprint density at radius 2 is 2.00 bits per heavy atom. The van der Waals surface area contributed by atoms with Crippen molar-refractivity contribution in [3.8, 4) is 0 Å². The monoisotopic (exact) mass is 235 g/mol. The average Bonchev–Trinajstić information content (AvgIpc) is 2.56. The lowest BCUT2D eigenvalue weighted by Gasteiger charge is -2.06. The molecule has 5 heteroatoms. The van der Waals surface area contributed by atoms with E-state index in [0.717, 1.165) is 11.5 Å². The number of rotatable bonds is 6. The molecule has 92 valence electrons. The largest absolute Gasteiger partial charge is 0.465 e. The molecule has 1 aromatic heterocycles. The van der Waals surface area contributed by atoms with Crippen LogP contribution in [0.5, 0.6) is 0 Å². The minimum Gasteiger partial charge on any atom is -0.465 e. The molecule has 1 N–H and O–H groups in total. The maximum absolute atomic E-state index is 11.8. The fourth-order valence-electron chi connectivity index (χ4n) is 1.37. The SMILES string of the molecule is Cc1ccc(CNCCCCC(F)(F)F)o1. The van der Waals surface area contributed by atoms with Crippen LogP contribution in [0.3, 0.4) is 0 Å². The molecular formula is C11H16F3NO. The Balaban J connectivity index is 2.00. The van der Waals surface area contributed by atoms with Gasteiger partial charge in [-0.15, -0.1) is 0 Å². The third kappa shape index (κ3) is 5.80. The summed E-state index contributed by atoms with van der Waals surface area (Å²) in [6.45, 7) is 3.00. The molecule has 0 aliphatic rings. The van der Waals surface area contributed by atoms with E-state index in [1.165, 1.54) is 0 Å². The van der Waals surface area contributed by atoms with Gasteiger partial charge in [0, 0.05) is 6.42 Å². The number of nitrogens with one attached hydrogen (secondary N) is 1. The molecule has 0 spiro atoms. The maximum atomic E-state index is 11.8. The zero-order chi connectivity index (χ0) is 12.0. The zero-order valence-corrected chi connectivity index (χ0v) is 9.23. The number of aryl methyl sites for hydroxylation is 1. The van der Waals surface area contributed by atoms with Gasteiger partial charge in [0.05, 0.1) is 6.54 Å². The average molecular weight is 235 g/mol. The molecule has 1 aromatic rings.